The summed E-state index contributed by atoms with van der Waals surface area (Å²) >= 11 is 0. The van der Waals surface area contributed by atoms with Gasteiger partial charge in [-0.3, -0.25) is 14.2 Å². The fourth-order valence-electron chi connectivity index (χ4n) is 3.59. The fraction of sp³-hybridized carbons (Fsp3) is 0.375. The van der Waals surface area contributed by atoms with E-state index in [-0.39, 0.29) is 37.8 Å². The summed E-state index contributed by atoms with van der Waals surface area (Å²) in [5, 5.41) is 13.2. The van der Waals surface area contributed by atoms with Crippen molar-refractivity contribution in [3.8, 4) is 28.7 Å². The van der Waals surface area contributed by atoms with Crippen LogP contribution >= 0.6 is 0 Å². The van der Waals surface area contributed by atoms with Crippen molar-refractivity contribution in [1.82, 2.24) is 14.9 Å². The molecule has 0 saturated carbocycles. The Morgan fingerprint density at radius 2 is 1.94 bits per heavy atom. The maximum atomic E-state index is 12.8. The van der Waals surface area contributed by atoms with Gasteiger partial charge in [0.05, 0.1) is 31.4 Å². The van der Waals surface area contributed by atoms with Gasteiger partial charge in [-0.05, 0) is 24.6 Å². The standard InChI is InChI=1S/C24H27N3O8/c1-31-20-9-17-18(10-21(20)32-2)26-13-27(24(17)30)7-3-4-23(29)25-11-15(28)12-33-16-5-6-19-22(8-16)35-14-34-19/h5-6,8-10,13,15,28H,3-4,7,11-12,14H2,1-2H3,(H,25,29). The zero-order valence-corrected chi connectivity index (χ0v) is 19.5. The summed E-state index contributed by atoms with van der Waals surface area (Å²) in [6.45, 7) is 0.539. The number of amides is 1. The van der Waals surface area contributed by atoms with Gasteiger partial charge in [-0.2, -0.15) is 0 Å². The highest BCUT2D eigenvalue weighted by Gasteiger charge is 2.15. The molecule has 4 rings (SSSR count). The predicted molar refractivity (Wildman–Crippen MR) is 125 cm³/mol. The number of methoxy groups -OCH3 is 2. The van der Waals surface area contributed by atoms with Crippen LogP contribution in [0, 0.1) is 0 Å². The van der Waals surface area contributed by atoms with Gasteiger partial charge in [0.15, 0.2) is 23.0 Å². The molecule has 0 radical (unpaired) electrons. The first kappa shape index (κ1) is 24.1. The smallest absolute Gasteiger partial charge is 0.261 e. The Morgan fingerprint density at radius 3 is 2.74 bits per heavy atom. The Hall–Kier alpha value is -3.99. The maximum absolute atomic E-state index is 12.8. The van der Waals surface area contributed by atoms with E-state index < -0.39 is 6.10 Å². The van der Waals surface area contributed by atoms with Crippen LogP contribution in [-0.4, -0.2) is 60.8 Å². The summed E-state index contributed by atoms with van der Waals surface area (Å²) in [6, 6.07) is 8.38. The molecule has 1 atom stereocenters. The van der Waals surface area contributed by atoms with Crippen LogP contribution in [0.1, 0.15) is 12.8 Å². The first-order valence-electron chi connectivity index (χ1n) is 11.1. The Balaban J connectivity index is 1.22. The van der Waals surface area contributed by atoms with Gasteiger partial charge in [-0.15, -0.1) is 0 Å². The lowest BCUT2D eigenvalue weighted by atomic mass is 10.2. The molecule has 0 bridgehead atoms. The molecule has 3 aromatic rings. The van der Waals surface area contributed by atoms with Crippen molar-refractivity contribution >= 4 is 16.8 Å². The van der Waals surface area contributed by atoms with Crippen LogP contribution in [-0.2, 0) is 11.3 Å². The van der Waals surface area contributed by atoms with E-state index in [0.717, 1.165) is 0 Å². The van der Waals surface area contributed by atoms with Crippen molar-refractivity contribution in [2.45, 2.75) is 25.5 Å². The molecule has 1 amide bonds. The number of nitrogens with zero attached hydrogens (tertiary/aromatic N) is 2. The van der Waals surface area contributed by atoms with E-state index in [2.05, 4.69) is 10.3 Å². The number of benzene rings is 2. The van der Waals surface area contributed by atoms with Crippen molar-refractivity contribution in [1.29, 1.82) is 0 Å². The first-order valence-corrected chi connectivity index (χ1v) is 11.1. The Labute approximate surface area is 201 Å². The average Bonchev–Trinajstić information content (AvgIpc) is 3.35. The lowest BCUT2D eigenvalue weighted by Gasteiger charge is -2.14. The molecule has 2 aromatic carbocycles. The molecule has 35 heavy (non-hydrogen) atoms. The van der Waals surface area contributed by atoms with E-state index in [1.807, 2.05) is 0 Å². The van der Waals surface area contributed by atoms with E-state index in [4.69, 9.17) is 23.7 Å². The molecule has 2 N–H and O–H groups in total. The van der Waals surface area contributed by atoms with Crippen molar-refractivity contribution in [2.24, 2.45) is 0 Å². The highest BCUT2D eigenvalue weighted by molar-refractivity contribution is 5.81. The number of aliphatic hydroxyl groups is 1. The third-order valence-corrected chi connectivity index (χ3v) is 5.45. The summed E-state index contributed by atoms with van der Waals surface area (Å²) in [5.41, 5.74) is 0.269. The molecule has 186 valence electrons. The molecule has 1 aromatic heterocycles. The van der Waals surface area contributed by atoms with Gasteiger partial charge >= 0.3 is 0 Å². The van der Waals surface area contributed by atoms with Crippen LogP contribution in [0.15, 0.2) is 41.5 Å². The van der Waals surface area contributed by atoms with Crippen molar-refractivity contribution in [3.05, 3.63) is 47.0 Å². The summed E-state index contributed by atoms with van der Waals surface area (Å²) in [4.78, 5) is 29.3. The normalized spacial score (nSPS) is 12.9. The molecule has 0 fully saturated rings. The van der Waals surface area contributed by atoms with Gasteiger partial charge < -0.3 is 34.1 Å². The molecule has 0 aliphatic carbocycles. The number of aromatic nitrogens is 2. The second kappa shape index (κ2) is 11.0. The van der Waals surface area contributed by atoms with Crippen LogP contribution in [0.3, 0.4) is 0 Å². The highest BCUT2D eigenvalue weighted by Crippen LogP contribution is 2.35. The largest absolute Gasteiger partial charge is 0.493 e. The molecule has 1 unspecified atom stereocenters. The van der Waals surface area contributed by atoms with Crippen LogP contribution in [0.25, 0.3) is 10.9 Å². The number of aryl methyl sites for hydroxylation is 1. The van der Waals surface area contributed by atoms with Gasteiger partial charge in [-0.25, -0.2) is 4.98 Å². The molecule has 1 aliphatic rings. The summed E-state index contributed by atoms with van der Waals surface area (Å²) in [7, 11) is 3.01. The summed E-state index contributed by atoms with van der Waals surface area (Å²) < 4.78 is 28.0. The number of rotatable bonds is 11. The van der Waals surface area contributed by atoms with Gasteiger partial charge in [0.25, 0.3) is 5.56 Å². The highest BCUT2D eigenvalue weighted by atomic mass is 16.7. The van der Waals surface area contributed by atoms with E-state index in [1.165, 1.54) is 25.1 Å². The zero-order chi connectivity index (χ0) is 24.8. The first-order chi connectivity index (χ1) is 17.0. The number of fused-ring (bicyclic) bond motifs is 2. The Bertz CT molecular complexity index is 1260. The number of aliphatic hydroxyl groups excluding tert-OH is 1. The minimum atomic E-state index is -0.886. The van der Waals surface area contributed by atoms with Gasteiger partial charge in [0.1, 0.15) is 18.5 Å². The molecular weight excluding hydrogens is 458 g/mol. The topological polar surface area (TPSA) is 130 Å². The van der Waals surface area contributed by atoms with Crippen LogP contribution in [0.4, 0.5) is 0 Å². The number of carbonyl (C=O) groups is 1. The van der Waals surface area contributed by atoms with Crippen LogP contribution < -0.4 is 34.6 Å². The van der Waals surface area contributed by atoms with E-state index in [1.54, 1.807) is 30.3 Å². The minimum absolute atomic E-state index is 0.00627. The quantitative estimate of drug-likeness (QED) is 0.415. The third-order valence-electron chi connectivity index (χ3n) is 5.45. The van der Waals surface area contributed by atoms with E-state index >= 15 is 0 Å². The molecule has 2 heterocycles. The average molecular weight is 485 g/mol. The number of nitrogens with one attached hydrogen (secondary N) is 1. The van der Waals surface area contributed by atoms with E-state index in [9.17, 15) is 14.7 Å². The lowest BCUT2D eigenvalue weighted by Crippen LogP contribution is -2.35. The molecule has 11 nitrogen and oxygen atoms in total. The van der Waals surface area contributed by atoms with Crippen molar-refractivity contribution in [3.63, 3.8) is 0 Å². The lowest BCUT2D eigenvalue weighted by molar-refractivity contribution is -0.121. The summed E-state index contributed by atoms with van der Waals surface area (Å²) in [6.07, 6.45) is 1.18. The second-order valence-corrected chi connectivity index (χ2v) is 7.85. The number of hydrogen-bond acceptors (Lipinski definition) is 9. The van der Waals surface area contributed by atoms with Crippen LogP contribution in [0.2, 0.25) is 0 Å². The maximum Gasteiger partial charge on any atom is 0.261 e. The molecule has 0 saturated heterocycles. The van der Waals surface area contributed by atoms with E-state index in [0.29, 0.717) is 52.6 Å². The van der Waals surface area contributed by atoms with Crippen LogP contribution in [0.5, 0.6) is 28.7 Å². The molecular formula is C24H27N3O8. The monoisotopic (exact) mass is 485 g/mol. The van der Waals surface area contributed by atoms with Gasteiger partial charge in [0.2, 0.25) is 12.7 Å². The molecule has 11 heteroatoms. The number of hydrogen-bond donors (Lipinski definition) is 2. The SMILES string of the molecule is COc1cc2ncn(CCCC(=O)NCC(O)COc3ccc4c(c3)OCO4)c(=O)c2cc1OC. The van der Waals surface area contributed by atoms with Gasteiger partial charge in [0, 0.05) is 31.6 Å². The minimum Gasteiger partial charge on any atom is -0.493 e. The predicted octanol–water partition coefficient (Wildman–Crippen LogP) is 1.48. The zero-order valence-electron chi connectivity index (χ0n) is 19.5. The Morgan fingerprint density at radius 1 is 1.17 bits per heavy atom. The van der Waals surface area contributed by atoms with Gasteiger partial charge in [-0.1, -0.05) is 0 Å². The van der Waals surface area contributed by atoms with Crippen molar-refractivity contribution < 1.29 is 33.6 Å². The van der Waals surface area contributed by atoms with Crippen molar-refractivity contribution in [2.75, 3.05) is 34.2 Å². The molecule has 0 spiro atoms. The number of carbonyl (C=O) groups excluding carboxylic acids is 1. The summed E-state index contributed by atoms with van der Waals surface area (Å²) in [5.74, 6) is 2.46. The third kappa shape index (κ3) is 5.75. The fourth-order valence-corrected chi connectivity index (χ4v) is 3.59. The molecule has 1 aliphatic heterocycles. The number of ether oxygens (including phenoxy) is 5. The second-order valence-electron chi connectivity index (χ2n) is 7.85. The Kier molecular flexibility index (Phi) is 7.56.